The second kappa shape index (κ2) is 6.57. The third kappa shape index (κ3) is 4.82. The first-order valence-corrected chi connectivity index (χ1v) is 8.55. The van der Waals surface area contributed by atoms with Crippen molar-refractivity contribution in [2.24, 2.45) is 0 Å². The van der Waals surface area contributed by atoms with Gasteiger partial charge in [-0.25, -0.2) is 14.8 Å². The van der Waals surface area contributed by atoms with Gasteiger partial charge in [-0.3, -0.25) is 0 Å². The largest absolute Gasteiger partial charge is 0.444 e. The highest BCUT2D eigenvalue weighted by Gasteiger charge is 2.27. The van der Waals surface area contributed by atoms with Gasteiger partial charge >= 0.3 is 6.09 Å². The topological polar surface area (TPSA) is 58.6 Å². The Kier molecular flexibility index (Phi) is 5.06. The number of nitrogens with zero attached hydrogens (tertiary/aromatic N) is 4. The van der Waals surface area contributed by atoms with Crippen LogP contribution in [0.1, 0.15) is 53.1 Å². The van der Waals surface area contributed by atoms with Gasteiger partial charge in [-0.15, -0.1) is 0 Å². The second-order valence-corrected chi connectivity index (χ2v) is 8.36. The van der Waals surface area contributed by atoms with Crippen LogP contribution in [0.3, 0.4) is 0 Å². The van der Waals surface area contributed by atoms with E-state index in [1.807, 2.05) is 27.7 Å². The van der Waals surface area contributed by atoms with E-state index in [-0.39, 0.29) is 11.5 Å². The number of aromatic nitrogens is 2. The normalized spacial score (nSPS) is 16.3. The van der Waals surface area contributed by atoms with Crippen LogP contribution in [-0.2, 0) is 10.2 Å². The number of aryl methyl sites for hydroxylation is 1. The highest BCUT2D eigenvalue weighted by Crippen LogP contribution is 2.24. The molecule has 1 fully saturated rings. The number of piperazine rings is 1. The lowest BCUT2D eigenvalue weighted by molar-refractivity contribution is 0.0240. The van der Waals surface area contributed by atoms with Crippen LogP contribution in [0.15, 0.2) is 6.07 Å². The van der Waals surface area contributed by atoms with Gasteiger partial charge in [0.15, 0.2) is 0 Å². The predicted molar refractivity (Wildman–Crippen MR) is 95.5 cm³/mol. The second-order valence-electron chi connectivity index (χ2n) is 8.36. The quantitative estimate of drug-likeness (QED) is 0.789. The number of carbonyl (C=O) groups excluding carboxylic acids is 1. The standard InChI is InChI=1S/C18H30N4O2/c1-13-19-14(17(2,3)4)12-15(20-13)21-8-10-22(11-9-21)16(23)24-18(5,6)7/h12H,8-11H2,1-7H3. The maximum atomic E-state index is 12.2. The van der Waals surface area contributed by atoms with Crippen molar-refractivity contribution in [1.29, 1.82) is 0 Å². The highest BCUT2D eigenvalue weighted by atomic mass is 16.6. The summed E-state index contributed by atoms with van der Waals surface area (Å²) in [5, 5.41) is 0. The van der Waals surface area contributed by atoms with Gasteiger partial charge in [0.2, 0.25) is 0 Å². The molecule has 1 amide bonds. The number of hydrogen-bond acceptors (Lipinski definition) is 5. The minimum absolute atomic E-state index is 0.0131. The number of amides is 1. The first kappa shape index (κ1) is 18.5. The average Bonchev–Trinajstić information content (AvgIpc) is 2.44. The predicted octanol–water partition coefficient (Wildman–Crippen LogP) is 3.14. The Morgan fingerprint density at radius 3 is 2.12 bits per heavy atom. The van der Waals surface area contributed by atoms with Crippen molar-refractivity contribution in [3.63, 3.8) is 0 Å². The Morgan fingerprint density at radius 1 is 1.04 bits per heavy atom. The monoisotopic (exact) mass is 334 g/mol. The molecule has 134 valence electrons. The molecule has 6 nitrogen and oxygen atoms in total. The molecule has 0 unspecified atom stereocenters. The van der Waals surface area contributed by atoms with Crippen LogP contribution >= 0.6 is 0 Å². The molecular weight excluding hydrogens is 304 g/mol. The van der Waals surface area contributed by atoms with E-state index in [0.29, 0.717) is 13.1 Å². The zero-order chi connectivity index (χ0) is 18.1. The minimum Gasteiger partial charge on any atom is -0.444 e. The lowest BCUT2D eigenvalue weighted by Gasteiger charge is -2.36. The Hall–Kier alpha value is -1.85. The maximum absolute atomic E-state index is 12.2. The molecule has 1 aliphatic rings. The fourth-order valence-corrected chi connectivity index (χ4v) is 2.54. The molecule has 0 spiro atoms. The third-order valence-corrected chi connectivity index (χ3v) is 3.85. The molecule has 1 aromatic rings. The molecule has 1 aliphatic heterocycles. The van der Waals surface area contributed by atoms with Crippen molar-refractivity contribution < 1.29 is 9.53 Å². The zero-order valence-corrected chi connectivity index (χ0v) is 16.0. The summed E-state index contributed by atoms with van der Waals surface area (Å²) in [6.07, 6.45) is -0.239. The molecule has 0 aliphatic carbocycles. The van der Waals surface area contributed by atoms with Crippen molar-refractivity contribution >= 4 is 11.9 Å². The van der Waals surface area contributed by atoms with E-state index in [1.54, 1.807) is 4.90 Å². The molecule has 0 N–H and O–H groups in total. The Labute approximate surface area is 145 Å². The van der Waals surface area contributed by atoms with Gasteiger partial charge in [0.1, 0.15) is 17.2 Å². The van der Waals surface area contributed by atoms with Crippen molar-refractivity contribution in [3.05, 3.63) is 17.6 Å². The van der Waals surface area contributed by atoms with Gasteiger partial charge in [-0.2, -0.15) is 0 Å². The summed E-state index contributed by atoms with van der Waals surface area (Å²) in [6, 6.07) is 2.07. The molecule has 1 aromatic heterocycles. The van der Waals surface area contributed by atoms with Crippen molar-refractivity contribution in [3.8, 4) is 0 Å². The van der Waals surface area contributed by atoms with Gasteiger partial charge < -0.3 is 14.5 Å². The van der Waals surface area contributed by atoms with Gasteiger partial charge in [0.25, 0.3) is 0 Å². The summed E-state index contributed by atoms with van der Waals surface area (Å²) >= 11 is 0. The first-order valence-electron chi connectivity index (χ1n) is 8.55. The number of carbonyl (C=O) groups is 1. The molecule has 1 saturated heterocycles. The van der Waals surface area contributed by atoms with Crippen molar-refractivity contribution in [2.75, 3.05) is 31.1 Å². The summed E-state index contributed by atoms with van der Waals surface area (Å²) in [6.45, 7) is 16.8. The van der Waals surface area contributed by atoms with Crippen LogP contribution in [-0.4, -0.2) is 52.7 Å². The minimum atomic E-state index is -0.459. The van der Waals surface area contributed by atoms with E-state index in [2.05, 4.69) is 41.7 Å². The molecule has 0 atom stereocenters. The van der Waals surface area contributed by atoms with Crippen molar-refractivity contribution in [1.82, 2.24) is 14.9 Å². The Morgan fingerprint density at radius 2 is 1.62 bits per heavy atom. The highest BCUT2D eigenvalue weighted by molar-refractivity contribution is 5.68. The summed E-state index contributed by atoms with van der Waals surface area (Å²) < 4.78 is 5.44. The van der Waals surface area contributed by atoms with E-state index >= 15 is 0 Å². The van der Waals surface area contributed by atoms with Crippen molar-refractivity contribution in [2.45, 2.75) is 59.5 Å². The molecule has 6 heteroatoms. The number of anilines is 1. The molecular formula is C18H30N4O2. The fourth-order valence-electron chi connectivity index (χ4n) is 2.54. The van der Waals surface area contributed by atoms with Crippen LogP contribution in [0.25, 0.3) is 0 Å². The Balaban J connectivity index is 2.05. The molecule has 0 bridgehead atoms. The smallest absolute Gasteiger partial charge is 0.410 e. The molecule has 0 aromatic carbocycles. The maximum Gasteiger partial charge on any atom is 0.410 e. The Bertz CT molecular complexity index is 594. The summed E-state index contributed by atoms with van der Waals surface area (Å²) in [4.78, 5) is 25.3. The molecule has 0 radical (unpaired) electrons. The number of rotatable bonds is 1. The lowest BCUT2D eigenvalue weighted by Crippen LogP contribution is -2.50. The van der Waals surface area contributed by atoms with Crippen LogP contribution in [0.5, 0.6) is 0 Å². The first-order chi connectivity index (χ1) is 11.0. The van der Waals surface area contributed by atoms with E-state index in [9.17, 15) is 4.79 Å². The molecule has 2 heterocycles. The van der Waals surface area contributed by atoms with Gasteiger partial charge in [-0.1, -0.05) is 20.8 Å². The van der Waals surface area contributed by atoms with Gasteiger partial charge in [0, 0.05) is 37.7 Å². The third-order valence-electron chi connectivity index (χ3n) is 3.85. The van der Waals surface area contributed by atoms with E-state index < -0.39 is 5.60 Å². The van der Waals surface area contributed by atoms with Crippen LogP contribution in [0.2, 0.25) is 0 Å². The average molecular weight is 334 g/mol. The van der Waals surface area contributed by atoms with Crippen LogP contribution < -0.4 is 4.90 Å². The summed E-state index contributed by atoms with van der Waals surface area (Å²) in [7, 11) is 0. The van der Waals surface area contributed by atoms with E-state index in [1.165, 1.54) is 0 Å². The van der Waals surface area contributed by atoms with E-state index in [4.69, 9.17) is 4.74 Å². The molecule has 0 saturated carbocycles. The zero-order valence-electron chi connectivity index (χ0n) is 16.0. The lowest BCUT2D eigenvalue weighted by atomic mass is 9.92. The van der Waals surface area contributed by atoms with E-state index in [0.717, 1.165) is 30.4 Å². The van der Waals surface area contributed by atoms with Crippen LogP contribution in [0, 0.1) is 6.92 Å². The fraction of sp³-hybridized carbons (Fsp3) is 0.722. The number of hydrogen-bond donors (Lipinski definition) is 0. The summed E-state index contributed by atoms with van der Waals surface area (Å²) in [5.41, 5.74) is 0.569. The number of ether oxygens (including phenoxy) is 1. The van der Waals surface area contributed by atoms with Gasteiger partial charge in [0.05, 0.1) is 5.69 Å². The SMILES string of the molecule is Cc1nc(N2CCN(C(=O)OC(C)(C)C)CC2)cc(C(C)(C)C)n1. The van der Waals surface area contributed by atoms with Gasteiger partial charge in [-0.05, 0) is 27.7 Å². The molecule has 2 rings (SSSR count). The molecule has 24 heavy (non-hydrogen) atoms. The van der Waals surface area contributed by atoms with Crippen LogP contribution in [0.4, 0.5) is 10.6 Å². The summed E-state index contributed by atoms with van der Waals surface area (Å²) in [5.74, 6) is 1.73.